The van der Waals surface area contributed by atoms with Crippen molar-refractivity contribution in [3.05, 3.63) is 0 Å². The number of Topliss-reactive ketones (excluding diaryl/α,β-unsaturated/α-hetero) is 1. The Morgan fingerprint density at radius 1 is 1.40 bits per heavy atom. The van der Waals surface area contributed by atoms with Gasteiger partial charge in [-0.15, -0.1) is 0 Å². The van der Waals surface area contributed by atoms with E-state index in [2.05, 4.69) is 9.47 Å². The van der Waals surface area contributed by atoms with Crippen LogP contribution in [0.3, 0.4) is 0 Å². The second kappa shape index (κ2) is 5.69. The molecule has 0 amide bonds. The fourth-order valence-corrected chi connectivity index (χ4v) is 0.691. The number of halogens is 3. The highest BCUT2D eigenvalue weighted by Crippen LogP contribution is 2.18. The van der Waals surface area contributed by atoms with Crippen LogP contribution in [0.1, 0.15) is 13.8 Å². The first-order chi connectivity index (χ1) is 6.86. The third kappa shape index (κ3) is 3.86. The molecule has 0 saturated carbocycles. The van der Waals surface area contributed by atoms with Crippen molar-refractivity contribution in [2.24, 2.45) is 0 Å². The summed E-state index contributed by atoms with van der Waals surface area (Å²) in [4.78, 5) is 21.1. The van der Waals surface area contributed by atoms with Crippen LogP contribution in [0.4, 0.5) is 13.2 Å². The molecule has 4 nitrogen and oxygen atoms in total. The fraction of sp³-hybridized carbons (Fsp3) is 0.750. The zero-order valence-electron chi connectivity index (χ0n) is 8.26. The van der Waals surface area contributed by atoms with E-state index in [1.54, 1.807) is 6.92 Å². The molecular weight excluding hydrogens is 217 g/mol. The van der Waals surface area contributed by atoms with Gasteiger partial charge in [0.2, 0.25) is 5.78 Å². The van der Waals surface area contributed by atoms with Gasteiger partial charge in [0.15, 0.2) is 13.0 Å². The molecule has 0 bridgehead atoms. The molecule has 1 atom stereocenters. The molecule has 0 radical (unpaired) electrons. The highest BCUT2D eigenvalue weighted by molar-refractivity contribution is 6.05. The molecule has 0 aliphatic rings. The van der Waals surface area contributed by atoms with Crippen molar-refractivity contribution in [1.82, 2.24) is 0 Å². The van der Waals surface area contributed by atoms with Crippen LogP contribution in [-0.2, 0) is 19.1 Å². The van der Waals surface area contributed by atoms with Crippen LogP contribution >= 0.6 is 0 Å². The van der Waals surface area contributed by atoms with Crippen molar-refractivity contribution in [2.75, 3.05) is 13.3 Å². The van der Waals surface area contributed by atoms with E-state index < -0.39 is 30.6 Å². The minimum atomic E-state index is -4.46. The van der Waals surface area contributed by atoms with Gasteiger partial charge < -0.3 is 9.47 Å². The van der Waals surface area contributed by atoms with Crippen LogP contribution in [0, 0.1) is 0 Å². The van der Waals surface area contributed by atoms with E-state index >= 15 is 0 Å². The van der Waals surface area contributed by atoms with Crippen molar-refractivity contribution < 1.29 is 32.2 Å². The lowest BCUT2D eigenvalue weighted by atomic mass is 10.2. The van der Waals surface area contributed by atoms with Crippen molar-refractivity contribution in [2.45, 2.75) is 26.1 Å². The van der Waals surface area contributed by atoms with E-state index in [0.29, 0.717) is 0 Å². The third-order valence-electron chi connectivity index (χ3n) is 1.40. The lowest BCUT2D eigenvalue weighted by Gasteiger charge is -2.16. The van der Waals surface area contributed by atoms with Gasteiger partial charge in [0.05, 0.1) is 0 Å². The zero-order valence-corrected chi connectivity index (χ0v) is 8.26. The number of carbonyl (C=O) groups is 2. The van der Waals surface area contributed by atoms with Gasteiger partial charge in [-0.3, -0.25) is 4.79 Å². The van der Waals surface area contributed by atoms with Crippen LogP contribution < -0.4 is 0 Å². The summed E-state index contributed by atoms with van der Waals surface area (Å²) in [5.74, 6) is -8.69. The Labute approximate surface area is 84.3 Å². The van der Waals surface area contributed by atoms with Crippen molar-refractivity contribution in [3.8, 4) is 0 Å². The molecule has 0 aromatic carbocycles. The quantitative estimate of drug-likeness (QED) is 0.388. The first-order valence-electron chi connectivity index (χ1n) is 4.16. The first-order valence-corrected chi connectivity index (χ1v) is 4.16. The Morgan fingerprint density at radius 3 is 2.33 bits per heavy atom. The average molecular weight is 228 g/mol. The predicted molar refractivity (Wildman–Crippen MR) is 43.1 cm³/mol. The Balaban J connectivity index is 4.37. The average Bonchev–Trinajstić information content (AvgIpc) is 2.16. The predicted octanol–water partition coefficient (Wildman–Crippen LogP) is 1.09. The smallest absolute Gasteiger partial charge is 0.402 e. The number of carbonyl (C=O) groups excluding carboxylic acids is 2. The maximum Gasteiger partial charge on any atom is 0.402 e. The van der Waals surface area contributed by atoms with E-state index in [9.17, 15) is 22.8 Å². The molecule has 0 aromatic heterocycles. The van der Waals surface area contributed by atoms with Gasteiger partial charge in [0.1, 0.15) is 0 Å². The summed E-state index contributed by atoms with van der Waals surface area (Å²) in [5.41, 5.74) is 0. The van der Waals surface area contributed by atoms with Gasteiger partial charge in [-0.25, -0.2) is 9.18 Å². The van der Waals surface area contributed by atoms with Crippen LogP contribution in [0.5, 0.6) is 0 Å². The largest absolute Gasteiger partial charge is 0.431 e. The zero-order chi connectivity index (χ0) is 12.1. The van der Waals surface area contributed by atoms with E-state index in [1.165, 1.54) is 6.92 Å². The van der Waals surface area contributed by atoms with Gasteiger partial charge in [-0.05, 0) is 13.8 Å². The van der Waals surface area contributed by atoms with Gasteiger partial charge in [0, 0.05) is 6.61 Å². The van der Waals surface area contributed by atoms with Gasteiger partial charge in [-0.1, -0.05) is 0 Å². The molecule has 0 spiro atoms. The summed E-state index contributed by atoms with van der Waals surface area (Å²) < 4.78 is 45.8. The summed E-state index contributed by atoms with van der Waals surface area (Å²) >= 11 is 0. The number of rotatable bonds is 6. The number of ether oxygens (including phenoxy) is 2. The number of esters is 1. The van der Waals surface area contributed by atoms with Crippen molar-refractivity contribution >= 4 is 11.8 Å². The summed E-state index contributed by atoms with van der Waals surface area (Å²) in [6.45, 7) is 0.995. The molecule has 7 heteroatoms. The Kier molecular flexibility index (Phi) is 5.27. The maximum absolute atomic E-state index is 12.7. The summed E-state index contributed by atoms with van der Waals surface area (Å²) in [6.07, 6.45) is -1.21. The van der Waals surface area contributed by atoms with Crippen LogP contribution in [-0.4, -0.2) is 37.2 Å². The van der Waals surface area contributed by atoms with Crippen molar-refractivity contribution in [1.29, 1.82) is 0 Å². The van der Waals surface area contributed by atoms with E-state index in [1.807, 2.05) is 0 Å². The second-order valence-electron chi connectivity index (χ2n) is 2.56. The molecule has 0 heterocycles. The van der Waals surface area contributed by atoms with Crippen LogP contribution in [0.25, 0.3) is 0 Å². The molecule has 0 fully saturated rings. The van der Waals surface area contributed by atoms with Crippen LogP contribution in [0.15, 0.2) is 0 Å². The summed E-state index contributed by atoms with van der Waals surface area (Å²) in [7, 11) is 0. The molecule has 0 N–H and O–H groups in total. The van der Waals surface area contributed by atoms with Gasteiger partial charge >= 0.3 is 11.9 Å². The lowest BCUT2D eigenvalue weighted by Crippen LogP contribution is -2.42. The maximum atomic E-state index is 12.7. The molecule has 0 aliphatic heterocycles. The normalized spacial score (nSPS) is 13.4. The standard InChI is InChI=1S/C8H11F3O4/c1-3-14-5(2)15-7(13)8(10,11)6(12)4-9/h5H,3-4H2,1-2H3. The SMILES string of the molecule is CCOC(C)OC(=O)C(F)(F)C(=O)CF. The number of hydrogen-bond donors (Lipinski definition) is 0. The minimum Gasteiger partial charge on any atom is -0.431 e. The van der Waals surface area contributed by atoms with E-state index in [-0.39, 0.29) is 6.61 Å². The molecule has 88 valence electrons. The fourth-order valence-electron chi connectivity index (χ4n) is 0.691. The monoisotopic (exact) mass is 228 g/mol. The van der Waals surface area contributed by atoms with Gasteiger partial charge in [-0.2, -0.15) is 8.78 Å². The second-order valence-corrected chi connectivity index (χ2v) is 2.56. The van der Waals surface area contributed by atoms with Crippen molar-refractivity contribution in [3.63, 3.8) is 0 Å². The Bertz CT molecular complexity index is 242. The lowest BCUT2D eigenvalue weighted by molar-refractivity contribution is -0.200. The number of ketones is 1. The first kappa shape index (κ1) is 13.9. The molecule has 1 unspecified atom stereocenters. The summed E-state index contributed by atoms with van der Waals surface area (Å²) in [6, 6.07) is 0. The Morgan fingerprint density at radius 2 is 1.93 bits per heavy atom. The molecule has 0 aliphatic carbocycles. The molecule has 0 aromatic rings. The van der Waals surface area contributed by atoms with E-state index in [4.69, 9.17) is 0 Å². The van der Waals surface area contributed by atoms with Crippen LogP contribution in [0.2, 0.25) is 0 Å². The van der Waals surface area contributed by atoms with E-state index in [0.717, 1.165) is 0 Å². The molecule has 0 saturated heterocycles. The number of alkyl halides is 3. The molecular formula is C8H11F3O4. The highest BCUT2D eigenvalue weighted by Gasteiger charge is 2.49. The highest BCUT2D eigenvalue weighted by atomic mass is 19.3. The molecule has 0 rings (SSSR count). The number of hydrogen-bond acceptors (Lipinski definition) is 4. The van der Waals surface area contributed by atoms with Gasteiger partial charge in [0.25, 0.3) is 0 Å². The molecule has 15 heavy (non-hydrogen) atoms. The summed E-state index contributed by atoms with van der Waals surface area (Å²) in [5, 5.41) is 0. The third-order valence-corrected chi connectivity index (χ3v) is 1.40. The topological polar surface area (TPSA) is 52.6 Å². The minimum absolute atomic E-state index is 0.150. The Hall–Kier alpha value is -1.11.